The summed E-state index contributed by atoms with van der Waals surface area (Å²) in [7, 11) is 0. The first-order valence-corrected chi connectivity index (χ1v) is 8.41. The van der Waals surface area contributed by atoms with E-state index >= 15 is 0 Å². The molecule has 4 rings (SSSR count). The maximum atomic E-state index is 6.02. The van der Waals surface area contributed by atoms with Crippen molar-refractivity contribution in [3.63, 3.8) is 0 Å². The van der Waals surface area contributed by atoms with Gasteiger partial charge in [0.15, 0.2) is 0 Å². The average Bonchev–Trinajstić information content (AvgIpc) is 2.63. The van der Waals surface area contributed by atoms with Crippen LogP contribution in [0.15, 0.2) is 55.0 Å². The van der Waals surface area contributed by atoms with Gasteiger partial charge in [-0.3, -0.25) is 4.98 Å². The number of fused-ring (bicyclic) bond motifs is 1. The van der Waals surface area contributed by atoms with Gasteiger partial charge in [-0.1, -0.05) is 12.1 Å². The summed E-state index contributed by atoms with van der Waals surface area (Å²) in [6.45, 7) is 6.09. The van der Waals surface area contributed by atoms with Crippen molar-refractivity contribution in [3.8, 4) is 22.8 Å². The molecule has 4 aromatic rings. The van der Waals surface area contributed by atoms with Crippen molar-refractivity contribution in [1.29, 1.82) is 0 Å². The van der Waals surface area contributed by atoms with E-state index in [-0.39, 0.29) is 0 Å². The van der Waals surface area contributed by atoms with Crippen LogP contribution in [0, 0.1) is 20.8 Å². The maximum absolute atomic E-state index is 6.02. The number of aromatic nitrogens is 4. The van der Waals surface area contributed by atoms with Crippen molar-refractivity contribution in [1.82, 2.24) is 20.2 Å². The zero-order valence-electron chi connectivity index (χ0n) is 14.9. The van der Waals surface area contributed by atoms with E-state index in [9.17, 15) is 0 Å². The summed E-state index contributed by atoms with van der Waals surface area (Å²) >= 11 is 0. The highest BCUT2D eigenvalue weighted by Gasteiger charge is 2.12. The molecular formula is C21H18N4O. The van der Waals surface area contributed by atoms with E-state index in [1.807, 2.05) is 44.2 Å². The standard InChI is InChI=1S/C21H18N4O/c1-13-11-17(6-7-18(13)19-14(2)12-24-25-15(19)3)26-21-20-16(8-10-23-21)5-4-9-22-20/h4-12H,1-3H3. The van der Waals surface area contributed by atoms with Crippen molar-refractivity contribution < 1.29 is 4.74 Å². The molecule has 0 radical (unpaired) electrons. The Hall–Kier alpha value is -3.34. The van der Waals surface area contributed by atoms with Gasteiger partial charge in [0, 0.05) is 23.3 Å². The molecule has 0 aliphatic rings. The molecule has 0 fully saturated rings. The van der Waals surface area contributed by atoms with Crippen LogP contribution in [0.4, 0.5) is 0 Å². The van der Waals surface area contributed by atoms with Crippen LogP contribution in [0.2, 0.25) is 0 Å². The fourth-order valence-corrected chi connectivity index (χ4v) is 3.15. The van der Waals surface area contributed by atoms with E-state index < -0.39 is 0 Å². The third-order valence-electron chi connectivity index (χ3n) is 4.38. The summed E-state index contributed by atoms with van der Waals surface area (Å²) in [6.07, 6.45) is 5.26. The lowest BCUT2D eigenvalue weighted by Crippen LogP contribution is -1.97. The molecular weight excluding hydrogens is 324 g/mol. The molecule has 128 valence electrons. The Bertz CT molecular complexity index is 1080. The van der Waals surface area contributed by atoms with Gasteiger partial charge in [-0.15, -0.1) is 0 Å². The zero-order chi connectivity index (χ0) is 18.1. The number of pyridine rings is 2. The second kappa shape index (κ2) is 6.52. The summed E-state index contributed by atoms with van der Waals surface area (Å²) in [5.74, 6) is 1.24. The van der Waals surface area contributed by atoms with Gasteiger partial charge in [-0.05, 0) is 61.7 Å². The summed E-state index contributed by atoms with van der Waals surface area (Å²) in [4.78, 5) is 8.72. The zero-order valence-corrected chi connectivity index (χ0v) is 14.9. The molecule has 3 heterocycles. The fourth-order valence-electron chi connectivity index (χ4n) is 3.15. The lowest BCUT2D eigenvalue weighted by atomic mass is 9.96. The Morgan fingerprint density at radius 3 is 2.58 bits per heavy atom. The fraction of sp³-hybridized carbons (Fsp3) is 0.143. The molecule has 0 aliphatic carbocycles. The molecule has 0 bridgehead atoms. The molecule has 3 aromatic heterocycles. The van der Waals surface area contributed by atoms with E-state index in [0.29, 0.717) is 5.88 Å². The molecule has 0 saturated carbocycles. The monoisotopic (exact) mass is 342 g/mol. The van der Waals surface area contributed by atoms with E-state index in [0.717, 1.165) is 44.6 Å². The minimum absolute atomic E-state index is 0.508. The minimum Gasteiger partial charge on any atom is -0.437 e. The first-order valence-electron chi connectivity index (χ1n) is 8.41. The number of hydrogen-bond donors (Lipinski definition) is 0. The van der Waals surface area contributed by atoms with Crippen LogP contribution >= 0.6 is 0 Å². The number of benzene rings is 1. The van der Waals surface area contributed by atoms with Gasteiger partial charge < -0.3 is 4.74 Å². The van der Waals surface area contributed by atoms with Crippen molar-refractivity contribution in [2.24, 2.45) is 0 Å². The Morgan fingerprint density at radius 1 is 0.885 bits per heavy atom. The number of nitrogens with zero attached hydrogens (tertiary/aromatic N) is 4. The molecule has 5 nitrogen and oxygen atoms in total. The highest BCUT2D eigenvalue weighted by Crippen LogP contribution is 2.33. The van der Waals surface area contributed by atoms with Gasteiger partial charge in [0.05, 0.1) is 11.9 Å². The number of ether oxygens (including phenoxy) is 1. The van der Waals surface area contributed by atoms with Gasteiger partial charge in [0.2, 0.25) is 5.88 Å². The summed E-state index contributed by atoms with van der Waals surface area (Å²) < 4.78 is 6.02. The van der Waals surface area contributed by atoms with Gasteiger partial charge in [0.25, 0.3) is 0 Å². The second-order valence-electron chi connectivity index (χ2n) is 6.26. The van der Waals surface area contributed by atoms with Crippen molar-refractivity contribution in [2.75, 3.05) is 0 Å². The number of rotatable bonds is 3. The molecule has 0 aliphatic heterocycles. The van der Waals surface area contributed by atoms with E-state index in [1.165, 1.54) is 0 Å². The quantitative estimate of drug-likeness (QED) is 0.535. The third kappa shape index (κ3) is 2.88. The molecule has 0 saturated heterocycles. The Balaban J connectivity index is 1.73. The van der Waals surface area contributed by atoms with Crippen LogP contribution < -0.4 is 4.74 Å². The lowest BCUT2D eigenvalue weighted by molar-refractivity contribution is 0.467. The predicted octanol–water partition coefficient (Wildman–Crippen LogP) is 4.80. The summed E-state index contributed by atoms with van der Waals surface area (Å²) in [5.41, 5.74) is 6.13. The molecule has 1 aromatic carbocycles. The largest absolute Gasteiger partial charge is 0.437 e. The Labute approximate surface area is 151 Å². The molecule has 0 N–H and O–H groups in total. The van der Waals surface area contributed by atoms with Crippen LogP contribution in [-0.4, -0.2) is 20.2 Å². The van der Waals surface area contributed by atoms with E-state index in [4.69, 9.17) is 4.74 Å². The average molecular weight is 342 g/mol. The molecule has 5 heteroatoms. The lowest BCUT2D eigenvalue weighted by Gasteiger charge is -2.13. The Morgan fingerprint density at radius 2 is 1.77 bits per heavy atom. The first-order chi connectivity index (χ1) is 12.6. The van der Waals surface area contributed by atoms with Crippen LogP contribution in [0.3, 0.4) is 0 Å². The second-order valence-corrected chi connectivity index (χ2v) is 6.26. The van der Waals surface area contributed by atoms with E-state index in [1.54, 1.807) is 18.6 Å². The molecule has 0 atom stereocenters. The highest BCUT2D eigenvalue weighted by molar-refractivity contribution is 5.82. The molecule has 0 spiro atoms. The summed E-state index contributed by atoms with van der Waals surface area (Å²) in [5, 5.41) is 9.19. The van der Waals surface area contributed by atoms with Crippen LogP contribution in [0.5, 0.6) is 11.6 Å². The van der Waals surface area contributed by atoms with Crippen molar-refractivity contribution in [3.05, 3.63) is 71.8 Å². The van der Waals surface area contributed by atoms with Crippen LogP contribution in [-0.2, 0) is 0 Å². The van der Waals surface area contributed by atoms with Crippen molar-refractivity contribution in [2.45, 2.75) is 20.8 Å². The first kappa shape index (κ1) is 16.1. The van der Waals surface area contributed by atoms with Gasteiger partial charge in [-0.25, -0.2) is 4.98 Å². The van der Waals surface area contributed by atoms with Gasteiger partial charge in [0.1, 0.15) is 11.3 Å². The van der Waals surface area contributed by atoms with E-state index in [2.05, 4.69) is 33.2 Å². The smallest absolute Gasteiger partial charge is 0.246 e. The molecule has 26 heavy (non-hydrogen) atoms. The maximum Gasteiger partial charge on any atom is 0.246 e. The van der Waals surface area contributed by atoms with Crippen LogP contribution in [0.25, 0.3) is 22.0 Å². The van der Waals surface area contributed by atoms with Crippen molar-refractivity contribution >= 4 is 10.9 Å². The predicted molar refractivity (Wildman–Crippen MR) is 101 cm³/mol. The van der Waals surface area contributed by atoms with Gasteiger partial charge in [-0.2, -0.15) is 10.2 Å². The van der Waals surface area contributed by atoms with Gasteiger partial charge >= 0.3 is 0 Å². The number of aryl methyl sites for hydroxylation is 3. The number of hydrogen-bond acceptors (Lipinski definition) is 5. The molecule has 0 unspecified atom stereocenters. The summed E-state index contributed by atoms with van der Waals surface area (Å²) in [6, 6.07) is 11.8. The SMILES string of the molecule is Cc1cc(Oc2nccc3cccnc23)ccc1-c1c(C)cnnc1C. The highest BCUT2D eigenvalue weighted by atomic mass is 16.5. The molecule has 0 amide bonds. The minimum atomic E-state index is 0.508. The Kier molecular flexibility index (Phi) is 4.05. The topological polar surface area (TPSA) is 60.8 Å². The van der Waals surface area contributed by atoms with Crippen LogP contribution in [0.1, 0.15) is 16.8 Å². The normalized spacial score (nSPS) is 10.9. The third-order valence-corrected chi connectivity index (χ3v) is 4.38.